The van der Waals surface area contributed by atoms with Gasteiger partial charge in [0.1, 0.15) is 23.4 Å². The fraction of sp³-hybridized carbons (Fsp3) is 0.677. The van der Waals surface area contributed by atoms with Gasteiger partial charge in [0.2, 0.25) is 17.7 Å². The molecule has 10 nitrogen and oxygen atoms in total. The number of para-hydroxylation sites is 1. The molecule has 0 aliphatic heterocycles. The highest BCUT2D eigenvalue weighted by molar-refractivity contribution is 5.93. The topological polar surface area (TPSA) is 151 Å². The number of primary amides is 1. The van der Waals surface area contributed by atoms with Gasteiger partial charge in [-0.1, -0.05) is 57.2 Å². The number of aromatic hydroxyl groups is 1. The lowest BCUT2D eigenvalue weighted by molar-refractivity contribution is -0.143. The summed E-state index contributed by atoms with van der Waals surface area (Å²) < 4.78 is 5.38. The maximum atomic E-state index is 14.2. The van der Waals surface area contributed by atoms with Gasteiger partial charge in [0.05, 0.1) is 0 Å². The number of rotatable bonds is 15. The van der Waals surface area contributed by atoms with Crippen LogP contribution in [0.2, 0.25) is 0 Å². The first-order valence-corrected chi connectivity index (χ1v) is 14.7. The lowest BCUT2D eigenvalue weighted by Gasteiger charge is -2.36. The van der Waals surface area contributed by atoms with E-state index in [1.54, 1.807) is 45.9 Å². The molecule has 0 aliphatic rings. The number of phenols is 1. The molecule has 41 heavy (non-hydrogen) atoms. The highest BCUT2D eigenvalue weighted by atomic mass is 16.6. The summed E-state index contributed by atoms with van der Waals surface area (Å²) in [4.78, 5) is 53.9. The maximum absolute atomic E-state index is 14.2. The van der Waals surface area contributed by atoms with Crippen LogP contribution in [-0.4, -0.2) is 57.5 Å². The number of alkyl carbamates (subject to hydrolysis) is 1. The normalized spacial score (nSPS) is 13.2. The summed E-state index contributed by atoms with van der Waals surface area (Å²) in [5.41, 5.74) is 4.78. The van der Waals surface area contributed by atoms with Gasteiger partial charge in [-0.25, -0.2) is 4.79 Å². The lowest BCUT2D eigenvalue weighted by atomic mass is 9.97. The SMILES string of the molecule is CCCCCCCCN(C(=O)C(CCC(N)=O)NC(=O)OC(C)(C)C)C(C(=O)NC(C)(C)C)c1cccc(C)c1O. The monoisotopic (exact) mass is 576 g/mol. The number of nitrogens with one attached hydrogen (secondary N) is 2. The van der Waals surface area contributed by atoms with E-state index in [0.717, 1.165) is 32.1 Å². The van der Waals surface area contributed by atoms with Crippen LogP contribution in [0.25, 0.3) is 0 Å². The van der Waals surface area contributed by atoms with Gasteiger partial charge in [0.15, 0.2) is 0 Å². The standard InChI is InChI=1S/C31H52N4O6/c1-9-10-11-12-13-14-20-35(28(39)23(18-19-24(32)36)33-29(40)41-31(6,7)8)25(27(38)34-30(3,4)5)22-17-15-16-21(2)26(22)37/h15-17,23,25,37H,9-14,18-20H2,1-8H3,(H2,32,36)(H,33,40)(H,34,38). The Labute approximate surface area is 245 Å². The number of benzene rings is 1. The number of phenolic OH excluding ortho intramolecular Hbond substituents is 1. The second-order valence-corrected chi connectivity index (χ2v) is 12.7. The quantitative estimate of drug-likeness (QED) is 0.216. The molecule has 0 aliphatic carbocycles. The Balaban J connectivity index is 3.59. The molecule has 0 spiro atoms. The van der Waals surface area contributed by atoms with Gasteiger partial charge >= 0.3 is 6.09 Å². The minimum atomic E-state index is -1.19. The molecule has 1 aromatic rings. The number of nitrogens with two attached hydrogens (primary N) is 1. The summed E-state index contributed by atoms with van der Waals surface area (Å²) in [6.07, 6.45) is 4.65. The van der Waals surface area contributed by atoms with Crippen LogP contribution in [0.4, 0.5) is 4.79 Å². The molecule has 0 saturated heterocycles. The average Bonchev–Trinajstić information content (AvgIpc) is 2.82. The summed E-state index contributed by atoms with van der Waals surface area (Å²) in [5, 5.41) is 16.6. The third kappa shape index (κ3) is 13.3. The van der Waals surface area contributed by atoms with Crippen molar-refractivity contribution < 1.29 is 29.0 Å². The van der Waals surface area contributed by atoms with Crippen LogP contribution in [0, 0.1) is 6.92 Å². The third-order valence-electron chi connectivity index (χ3n) is 6.33. The average molecular weight is 577 g/mol. The van der Waals surface area contributed by atoms with E-state index < -0.39 is 47.0 Å². The van der Waals surface area contributed by atoms with E-state index >= 15 is 0 Å². The van der Waals surface area contributed by atoms with Crippen molar-refractivity contribution in [2.24, 2.45) is 5.73 Å². The second kappa shape index (κ2) is 16.2. The first-order valence-electron chi connectivity index (χ1n) is 14.7. The van der Waals surface area contributed by atoms with Crippen molar-refractivity contribution in [2.75, 3.05) is 6.54 Å². The van der Waals surface area contributed by atoms with Crippen LogP contribution in [0.5, 0.6) is 5.75 Å². The zero-order valence-electron chi connectivity index (χ0n) is 26.3. The minimum absolute atomic E-state index is 0.0756. The Morgan fingerprint density at radius 1 is 1.00 bits per heavy atom. The number of carbonyl (C=O) groups excluding carboxylic acids is 4. The van der Waals surface area contributed by atoms with E-state index in [-0.39, 0.29) is 30.7 Å². The number of carbonyl (C=O) groups is 4. The van der Waals surface area contributed by atoms with Crippen molar-refractivity contribution in [1.29, 1.82) is 0 Å². The van der Waals surface area contributed by atoms with Crippen LogP contribution in [0.1, 0.15) is 117 Å². The van der Waals surface area contributed by atoms with Crippen LogP contribution in [0.15, 0.2) is 18.2 Å². The van der Waals surface area contributed by atoms with Gasteiger partial charge in [-0.2, -0.15) is 0 Å². The second-order valence-electron chi connectivity index (χ2n) is 12.7. The van der Waals surface area contributed by atoms with E-state index in [1.807, 2.05) is 20.8 Å². The number of ether oxygens (including phenoxy) is 1. The molecule has 1 aromatic carbocycles. The Bertz CT molecular complexity index is 1030. The summed E-state index contributed by atoms with van der Waals surface area (Å²) >= 11 is 0. The maximum Gasteiger partial charge on any atom is 0.408 e. The smallest absolute Gasteiger partial charge is 0.408 e. The van der Waals surface area contributed by atoms with Crippen molar-refractivity contribution >= 4 is 23.8 Å². The molecular weight excluding hydrogens is 524 g/mol. The van der Waals surface area contributed by atoms with E-state index in [9.17, 15) is 24.3 Å². The minimum Gasteiger partial charge on any atom is -0.507 e. The zero-order valence-corrected chi connectivity index (χ0v) is 26.3. The number of aryl methyl sites for hydroxylation is 1. The largest absolute Gasteiger partial charge is 0.507 e. The van der Waals surface area contributed by atoms with Gasteiger partial charge in [-0.3, -0.25) is 14.4 Å². The molecule has 2 atom stereocenters. The summed E-state index contributed by atoms with van der Waals surface area (Å²) in [7, 11) is 0. The predicted octanol–water partition coefficient (Wildman–Crippen LogP) is 5.00. The van der Waals surface area contributed by atoms with Gasteiger partial charge in [0.25, 0.3) is 0 Å². The Hall–Kier alpha value is -3.30. The molecule has 0 fully saturated rings. The van der Waals surface area contributed by atoms with Crippen molar-refractivity contribution in [3.63, 3.8) is 0 Å². The number of nitrogens with zero attached hydrogens (tertiary/aromatic N) is 1. The first-order chi connectivity index (χ1) is 19.0. The van der Waals surface area contributed by atoms with E-state index in [0.29, 0.717) is 12.0 Å². The fourth-order valence-corrected chi connectivity index (χ4v) is 4.41. The molecule has 4 amide bonds. The molecular formula is C31H52N4O6. The lowest BCUT2D eigenvalue weighted by Crippen LogP contribution is -2.55. The van der Waals surface area contributed by atoms with Crippen molar-refractivity contribution in [3.05, 3.63) is 29.3 Å². The summed E-state index contributed by atoms with van der Waals surface area (Å²) in [6.45, 7) is 14.6. The van der Waals surface area contributed by atoms with Crippen LogP contribution in [-0.2, 0) is 19.1 Å². The third-order valence-corrected chi connectivity index (χ3v) is 6.33. The van der Waals surface area contributed by atoms with E-state index in [4.69, 9.17) is 10.5 Å². The zero-order chi connectivity index (χ0) is 31.4. The molecule has 0 aromatic heterocycles. The highest BCUT2D eigenvalue weighted by Gasteiger charge is 2.38. The number of amides is 4. The van der Waals surface area contributed by atoms with E-state index in [1.165, 1.54) is 4.90 Å². The predicted molar refractivity (Wildman–Crippen MR) is 160 cm³/mol. The molecule has 1 rings (SSSR count). The Kier molecular flexibility index (Phi) is 14.1. The number of hydrogen-bond donors (Lipinski definition) is 4. The molecule has 5 N–H and O–H groups in total. The molecule has 232 valence electrons. The summed E-state index contributed by atoms with van der Waals surface area (Å²) in [6, 6.07) is 2.69. The van der Waals surface area contributed by atoms with Crippen molar-refractivity contribution in [2.45, 2.75) is 130 Å². The van der Waals surface area contributed by atoms with Crippen LogP contribution >= 0.6 is 0 Å². The van der Waals surface area contributed by atoms with Crippen LogP contribution in [0.3, 0.4) is 0 Å². The van der Waals surface area contributed by atoms with Crippen molar-refractivity contribution in [3.8, 4) is 5.75 Å². The highest BCUT2D eigenvalue weighted by Crippen LogP contribution is 2.33. The van der Waals surface area contributed by atoms with Crippen LogP contribution < -0.4 is 16.4 Å². The first kappa shape index (κ1) is 35.7. The number of unbranched alkanes of at least 4 members (excludes halogenated alkanes) is 5. The molecule has 10 heteroatoms. The van der Waals surface area contributed by atoms with Gasteiger partial charge in [-0.15, -0.1) is 0 Å². The van der Waals surface area contributed by atoms with E-state index in [2.05, 4.69) is 17.6 Å². The summed E-state index contributed by atoms with van der Waals surface area (Å²) in [5.74, 6) is -1.75. The molecule has 2 unspecified atom stereocenters. The molecule has 0 saturated carbocycles. The van der Waals surface area contributed by atoms with Crippen molar-refractivity contribution in [1.82, 2.24) is 15.5 Å². The fourth-order valence-electron chi connectivity index (χ4n) is 4.41. The van der Waals surface area contributed by atoms with Gasteiger partial charge in [-0.05, 0) is 66.9 Å². The number of hydrogen-bond acceptors (Lipinski definition) is 6. The molecule has 0 radical (unpaired) electrons. The van der Waals surface area contributed by atoms with Gasteiger partial charge < -0.3 is 31.1 Å². The Morgan fingerprint density at radius 2 is 1.61 bits per heavy atom. The molecule has 0 heterocycles. The Morgan fingerprint density at radius 3 is 2.17 bits per heavy atom. The van der Waals surface area contributed by atoms with Gasteiger partial charge in [0, 0.05) is 24.1 Å². The molecule has 0 bridgehead atoms.